The maximum absolute atomic E-state index is 11.9. The molecule has 1 fully saturated rings. The number of unbranched alkanes of at least 4 members (excludes halogenated alkanes) is 11. The van der Waals surface area contributed by atoms with Crippen LogP contribution in [0.5, 0.6) is 0 Å². The minimum atomic E-state index is -4.54. The van der Waals surface area contributed by atoms with E-state index in [1.807, 2.05) is 0 Å². The Morgan fingerprint density at radius 1 is 0.846 bits per heavy atom. The summed E-state index contributed by atoms with van der Waals surface area (Å²) >= 11 is 0. The molecule has 11 nitrogen and oxygen atoms in total. The Morgan fingerprint density at radius 3 is 2.00 bits per heavy atom. The molecule has 1 heterocycles. The number of carbonyl (C=O) groups is 1. The molecule has 12 heteroatoms. The molecular weight excluding hydrogens is 532 g/mol. The number of aliphatic hydroxyl groups excluding tert-OH is 4. The molecule has 39 heavy (non-hydrogen) atoms. The van der Waals surface area contributed by atoms with E-state index in [0.717, 1.165) is 38.5 Å². The summed E-state index contributed by atoms with van der Waals surface area (Å²) in [5.74, 6) is -1.47. The van der Waals surface area contributed by atoms with Gasteiger partial charge in [0, 0.05) is 6.42 Å². The lowest BCUT2D eigenvalue weighted by Gasteiger charge is -2.40. The van der Waals surface area contributed by atoms with E-state index in [-0.39, 0.29) is 13.0 Å². The SMILES string of the molecule is CCCCCCCC/C=C/CCCCCCCC(=O)OCC(O)COC1OC(CS(=O)(=O)O)C(O)C(O)C1O. The highest BCUT2D eigenvalue weighted by atomic mass is 32.2. The minimum absolute atomic E-state index is 0.234. The van der Waals surface area contributed by atoms with Gasteiger partial charge >= 0.3 is 5.97 Å². The van der Waals surface area contributed by atoms with Crippen LogP contribution in [0.2, 0.25) is 0 Å². The number of aliphatic hydroxyl groups is 4. The van der Waals surface area contributed by atoms with E-state index >= 15 is 0 Å². The summed E-state index contributed by atoms with van der Waals surface area (Å²) in [5, 5.41) is 39.7. The van der Waals surface area contributed by atoms with Crippen molar-refractivity contribution in [1.82, 2.24) is 0 Å². The van der Waals surface area contributed by atoms with E-state index in [9.17, 15) is 33.6 Å². The molecule has 0 spiro atoms. The first-order valence-electron chi connectivity index (χ1n) is 14.3. The molecule has 1 aliphatic rings. The maximum atomic E-state index is 11.9. The first-order chi connectivity index (χ1) is 18.5. The second-order valence-corrected chi connectivity index (χ2v) is 11.8. The number of allylic oxidation sites excluding steroid dienone is 2. The summed E-state index contributed by atoms with van der Waals surface area (Å²) in [6.45, 7) is 1.42. The van der Waals surface area contributed by atoms with Crippen LogP contribution in [-0.2, 0) is 29.1 Å². The Labute approximate surface area is 233 Å². The molecule has 0 aliphatic carbocycles. The highest BCUT2D eigenvalue weighted by Gasteiger charge is 2.45. The van der Waals surface area contributed by atoms with Crippen LogP contribution in [0, 0.1) is 0 Å². The van der Waals surface area contributed by atoms with Crippen LogP contribution in [0.4, 0.5) is 0 Å². The fourth-order valence-electron chi connectivity index (χ4n) is 4.25. The zero-order valence-corrected chi connectivity index (χ0v) is 24.0. The second kappa shape index (κ2) is 20.7. The standard InChI is InChI=1S/C27H50O11S/c1-2-3-4-5-6-7-8-9-10-11-12-13-14-15-16-17-23(29)36-18-21(28)19-37-27-26(32)25(31)24(30)22(38-27)20-39(33,34)35/h9-10,21-22,24-28,30-32H,2-8,11-20H2,1H3,(H,33,34,35)/b10-9+. The van der Waals surface area contributed by atoms with Gasteiger partial charge in [-0.25, -0.2) is 0 Å². The topological polar surface area (TPSA) is 180 Å². The summed E-state index contributed by atoms with van der Waals surface area (Å²) < 4.78 is 46.4. The van der Waals surface area contributed by atoms with Crippen LogP contribution < -0.4 is 0 Å². The Kier molecular flexibility index (Phi) is 19.1. The van der Waals surface area contributed by atoms with Gasteiger partial charge in [-0.15, -0.1) is 0 Å². The van der Waals surface area contributed by atoms with Gasteiger partial charge in [-0.3, -0.25) is 9.35 Å². The third-order valence-electron chi connectivity index (χ3n) is 6.58. The molecule has 1 rings (SSSR count). The van der Waals surface area contributed by atoms with Gasteiger partial charge in [-0.05, 0) is 32.1 Å². The first-order valence-corrected chi connectivity index (χ1v) is 15.9. The number of hydrogen-bond donors (Lipinski definition) is 5. The summed E-state index contributed by atoms with van der Waals surface area (Å²) in [6.07, 6.45) is 10.1. The molecule has 0 radical (unpaired) electrons. The number of esters is 1. The van der Waals surface area contributed by atoms with E-state index in [0.29, 0.717) is 6.42 Å². The van der Waals surface area contributed by atoms with Crippen LogP contribution in [0.1, 0.15) is 96.8 Å². The maximum Gasteiger partial charge on any atom is 0.305 e. The van der Waals surface area contributed by atoms with Gasteiger partial charge in [0.1, 0.15) is 42.9 Å². The molecule has 0 aromatic rings. The predicted molar refractivity (Wildman–Crippen MR) is 145 cm³/mol. The third-order valence-corrected chi connectivity index (χ3v) is 7.33. The van der Waals surface area contributed by atoms with Gasteiger partial charge < -0.3 is 34.6 Å². The van der Waals surface area contributed by atoms with Crippen LogP contribution >= 0.6 is 0 Å². The molecule has 6 atom stereocenters. The average Bonchev–Trinajstić information content (AvgIpc) is 2.88. The number of rotatable bonds is 22. The summed E-state index contributed by atoms with van der Waals surface area (Å²) in [7, 11) is -4.54. The van der Waals surface area contributed by atoms with Crippen molar-refractivity contribution in [1.29, 1.82) is 0 Å². The molecule has 6 unspecified atom stereocenters. The fourth-order valence-corrected chi connectivity index (χ4v) is 4.95. The van der Waals surface area contributed by atoms with Crippen molar-refractivity contribution in [3.63, 3.8) is 0 Å². The van der Waals surface area contributed by atoms with Crippen molar-refractivity contribution >= 4 is 16.1 Å². The van der Waals surface area contributed by atoms with E-state index in [4.69, 9.17) is 18.8 Å². The monoisotopic (exact) mass is 582 g/mol. The van der Waals surface area contributed by atoms with E-state index < -0.39 is 65.3 Å². The molecule has 1 saturated heterocycles. The smallest absolute Gasteiger partial charge is 0.305 e. The van der Waals surface area contributed by atoms with Crippen molar-refractivity contribution in [3.05, 3.63) is 12.2 Å². The minimum Gasteiger partial charge on any atom is -0.463 e. The Hall–Kier alpha value is -1.12. The van der Waals surface area contributed by atoms with E-state index in [1.54, 1.807) is 0 Å². The van der Waals surface area contributed by atoms with E-state index in [2.05, 4.69) is 19.1 Å². The Morgan fingerprint density at radius 2 is 1.41 bits per heavy atom. The van der Waals surface area contributed by atoms with Crippen molar-refractivity contribution < 1.29 is 52.4 Å². The molecule has 0 amide bonds. The number of ether oxygens (including phenoxy) is 3. The summed E-state index contributed by atoms with van der Waals surface area (Å²) in [6, 6.07) is 0. The second-order valence-electron chi connectivity index (χ2n) is 10.3. The average molecular weight is 583 g/mol. The van der Waals surface area contributed by atoms with Crippen molar-refractivity contribution in [3.8, 4) is 0 Å². The first kappa shape index (κ1) is 35.9. The molecule has 0 aromatic heterocycles. The summed E-state index contributed by atoms with van der Waals surface area (Å²) in [4.78, 5) is 11.9. The van der Waals surface area contributed by atoms with Gasteiger partial charge in [-0.1, -0.05) is 70.4 Å². The molecule has 5 N–H and O–H groups in total. The lowest BCUT2D eigenvalue weighted by atomic mass is 10.00. The van der Waals surface area contributed by atoms with Gasteiger partial charge in [0.15, 0.2) is 6.29 Å². The Balaban J connectivity index is 2.08. The zero-order valence-electron chi connectivity index (χ0n) is 23.2. The van der Waals surface area contributed by atoms with Crippen molar-refractivity contribution in [2.45, 2.75) is 134 Å². The van der Waals surface area contributed by atoms with Gasteiger partial charge in [-0.2, -0.15) is 8.42 Å². The number of hydrogen-bond acceptors (Lipinski definition) is 10. The van der Waals surface area contributed by atoms with Gasteiger partial charge in [0.05, 0.1) is 6.61 Å². The third kappa shape index (κ3) is 17.3. The lowest BCUT2D eigenvalue weighted by Crippen LogP contribution is -2.60. The molecule has 0 bridgehead atoms. The largest absolute Gasteiger partial charge is 0.463 e. The van der Waals surface area contributed by atoms with Crippen LogP contribution in [-0.4, -0.2) is 95.1 Å². The highest BCUT2D eigenvalue weighted by Crippen LogP contribution is 2.23. The fraction of sp³-hybridized carbons (Fsp3) is 0.889. The van der Waals surface area contributed by atoms with Crippen LogP contribution in [0.3, 0.4) is 0 Å². The van der Waals surface area contributed by atoms with Crippen LogP contribution in [0.25, 0.3) is 0 Å². The summed E-state index contributed by atoms with van der Waals surface area (Å²) in [5.41, 5.74) is 0. The molecule has 0 saturated carbocycles. The van der Waals surface area contributed by atoms with Crippen LogP contribution in [0.15, 0.2) is 12.2 Å². The van der Waals surface area contributed by atoms with Gasteiger partial charge in [0.2, 0.25) is 0 Å². The molecule has 0 aromatic carbocycles. The normalized spacial score (nSPS) is 24.7. The zero-order chi connectivity index (χ0) is 29.1. The molecule has 230 valence electrons. The molecule has 1 aliphatic heterocycles. The predicted octanol–water partition coefficient (Wildman–Crippen LogP) is 2.64. The van der Waals surface area contributed by atoms with Crippen molar-refractivity contribution in [2.24, 2.45) is 0 Å². The quantitative estimate of drug-likeness (QED) is 0.0548. The van der Waals surface area contributed by atoms with Crippen molar-refractivity contribution in [2.75, 3.05) is 19.0 Å². The number of carbonyl (C=O) groups excluding carboxylic acids is 1. The Bertz CT molecular complexity index is 774. The lowest BCUT2D eigenvalue weighted by molar-refractivity contribution is -0.296. The highest BCUT2D eigenvalue weighted by molar-refractivity contribution is 7.85. The van der Waals surface area contributed by atoms with Gasteiger partial charge in [0.25, 0.3) is 10.1 Å². The molecular formula is C27H50O11S. The van der Waals surface area contributed by atoms with E-state index in [1.165, 1.54) is 38.5 Å².